The Morgan fingerprint density at radius 1 is 0.854 bits per heavy atom. The lowest BCUT2D eigenvalue weighted by Crippen LogP contribution is -2.56. The average molecular weight is 697 g/mol. The Bertz CT molecular complexity index is 1290. The highest BCUT2D eigenvalue weighted by Crippen LogP contribution is 2.29. The van der Waals surface area contributed by atoms with Crippen LogP contribution in [0.25, 0.3) is 0 Å². The van der Waals surface area contributed by atoms with E-state index in [1.807, 2.05) is 32.0 Å². The zero-order valence-electron chi connectivity index (χ0n) is 30.3. The molecule has 0 aliphatic rings. The third-order valence-corrected chi connectivity index (χ3v) is 7.51. The molecule has 4 amide bonds. The standard InChI is InChI=1S/C24H39N3O4S.C9H17N3O4/c1-14-10-11-19(15(2)12-14)20(13-32)27(22(29)16(3)25-9)18(5)21(28)26-17(4)23(30)31-24(6,7)8;1-4(10)7(13)11-5(2)8(14)12-6(3)9(15)16/h10-12,16-18,20,25,32H,13H2,1-9H3,(H,26,28);4-6H,10H2,1-3H3,(H,11,13)(H,12,14)(H,15,16)/t16-,17-,18-,20-;4-,5-,6-/m00/s1. The van der Waals surface area contributed by atoms with Gasteiger partial charge in [-0.1, -0.05) is 23.8 Å². The summed E-state index contributed by atoms with van der Waals surface area (Å²) in [5.74, 6) is -3.02. The van der Waals surface area contributed by atoms with E-state index in [-0.39, 0.29) is 5.91 Å². The fourth-order valence-corrected chi connectivity index (χ4v) is 4.59. The molecule has 1 aromatic carbocycles. The van der Waals surface area contributed by atoms with Crippen LogP contribution in [-0.2, 0) is 33.5 Å². The van der Waals surface area contributed by atoms with Crippen LogP contribution in [0.15, 0.2) is 18.2 Å². The van der Waals surface area contributed by atoms with Crippen LogP contribution in [-0.4, -0.2) is 100 Å². The maximum atomic E-state index is 13.3. The molecule has 0 saturated heterocycles. The normalized spacial score (nSPS) is 15.5. The molecule has 0 saturated carbocycles. The predicted molar refractivity (Wildman–Crippen MR) is 187 cm³/mol. The number of aliphatic carboxylic acids is 1. The lowest BCUT2D eigenvalue weighted by atomic mass is 9.97. The van der Waals surface area contributed by atoms with Crippen LogP contribution in [0.2, 0.25) is 0 Å². The third kappa shape index (κ3) is 14.6. The second kappa shape index (κ2) is 20.0. The molecule has 272 valence electrons. The Kier molecular flexibility index (Phi) is 18.4. The number of rotatable bonds is 14. The minimum atomic E-state index is -1.14. The van der Waals surface area contributed by atoms with Crippen molar-refractivity contribution in [1.29, 1.82) is 0 Å². The van der Waals surface area contributed by atoms with E-state index in [2.05, 4.69) is 33.9 Å². The lowest BCUT2D eigenvalue weighted by molar-refractivity contribution is -0.158. The zero-order chi connectivity index (χ0) is 37.7. The minimum absolute atomic E-state index is 0.223. The fourth-order valence-electron chi connectivity index (χ4n) is 4.22. The number of nitrogens with zero attached hydrogens (tertiary/aromatic N) is 1. The van der Waals surface area contributed by atoms with Crippen molar-refractivity contribution in [2.45, 2.75) is 124 Å². The lowest BCUT2D eigenvalue weighted by Gasteiger charge is -2.38. The molecule has 0 aromatic heterocycles. The van der Waals surface area contributed by atoms with Gasteiger partial charge in [-0.15, -0.1) is 0 Å². The van der Waals surface area contributed by atoms with Crippen LogP contribution in [0.5, 0.6) is 0 Å². The van der Waals surface area contributed by atoms with E-state index in [0.29, 0.717) is 5.75 Å². The molecule has 0 unspecified atom stereocenters. The summed E-state index contributed by atoms with van der Waals surface area (Å²) in [7, 11) is 1.70. The number of amides is 4. The maximum absolute atomic E-state index is 13.3. The summed E-state index contributed by atoms with van der Waals surface area (Å²) >= 11 is 4.52. The molecular weight excluding hydrogens is 640 g/mol. The second-order valence-corrected chi connectivity index (χ2v) is 13.2. The second-order valence-electron chi connectivity index (χ2n) is 12.8. The van der Waals surface area contributed by atoms with E-state index in [0.717, 1.165) is 16.7 Å². The first-order valence-electron chi connectivity index (χ1n) is 15.8. The first-order valence-corrected chi connectivity index (χ1v) is 16.4. The van der Waals surface area contributed by atoms with Crippen LogP contribution >= 0.6 is 12.6 Å². The van der Waals surface area contributed by atoms with E-state index in [9.17, 15) is 28.8 Å². The van der Waals surface area contributed by atoms with E-state index in [4.69, 9.17) is 15.6 Å². The number of carbonyl (C=O) groups excluding carboxylic acids is 5. The van der Waals surface area contributed by atoms with Gasteiger partial charge in [0, 0.05) is 5.75 Å². The van der Waals surface area contributed by atoms with Crippen LogP contribution in [0.4, 0.5) is 0 Å². The zero-order valence-corrected chi connectivity index (χ0v) is 31.2. The van der Waals surface area contributed by atoms with Crippen molar-refractivity contribution >= 4 is 48.2 Å². The molecular formula is C33H56N6O8S. The molecule has 0 radical (unpaired) electrons. The van der Waals surface area contributed by atoms with Gasteiger partial charge >= 0.3 is 11.9 Å². The van der Waals surface area contributed by atoms with E-state index < -0.39 is 77.6 Å². The molecule has 1 aromatic rings. The minimum Gasteiger partial charge on any atom is -0.480 e. The number of esters is 1. The summed E-state index contributed by atoms with van der Waals surface area (Å²) in [6.45, 7) is 18.5. The third-order valence-electron chi connectivity index (χ3n) is 7.16. The number of likely N-dealkylation sites (N-methyl/N-ethyl adjacent to an activating group) is 1. The number of nitrogens with two attached hydrogens (primary N) is 1. The summed E-state index contributed by atoms with van der Waals surface area (Å²) in [4.78, 5) is 73.3. The summed E-state index contributed by atoms with van der Waals surface area (Å²) in [5, 5.41) is 18.8. The number of ether oxygens (including phenoxy) is 1. The first kappa shape index (κ1) is 44.3. The van der Waals surface area contributed by atoms with Crippen molar-refractivity contribution in [2.75, 3.05) is 12.8 Å². The molecule has 48 heavy (non-hydrogen) atoms. The van der Waals surface area contributed by atoms with E-state index in [1.54, 1.807) is 53.5 Å². The van der Waals surface area contributed by atoms with Gasteiger partial charge in [-0.05, 0) is 94.3 Å². The van der Waals surface area contributed by atoms with Crippen LogP contribution in [0, 0.1) is 13.8 Å². The number of hydrogen-bond acceptors (Lipinski definition) is 10. The SMILES string of the molecule is CN[C@@H](C)C(=O)N([C@@H](C)C(=O)N[C@@H](C)C(=O)OC(C)(C)C)[C@@H](CS)c1ccc(C)cc1C.C[C@H](N)C(=O)N[C@@H](C)C(=O)N[C@@H](C)C(=O)O. The molecule has 0 spiro atoms. The average Bonchev–Trinajstić information content (AvgIpc) is 2.98. The van der Waals surface area contributed by atoms with Crippen molar-refractivity contribution in [1.82, 2.24) is 26.2 Å². The predicted octanol–water partition coefficient (Wildman–Crippen LogP) is 1.37. The van der Waals surface area contributed by atoms with Gasteiger partial charge in [0.1, 0.15) is 29.8 Å². The number of thiol groups is 1. The number of carboxylic acids is 1. The molecule has 14 nitrogen and oxygen atoms in total. The molecule has 7 N–H and O–H groups in total. The fraction of sp³-hybridized carbons (Fsp3) is 0.636. The maximum Gasteiger partial charge on any atom is 0.328 e. The summed E-state index contributed by atoms with van der Waals surface area (Å²) < 4.78 is 5.35. The number of hydrogen-bond donors (Lipinski definition) is 7. The van der Waals surface area contributed by atoms with Gasteiger partial charge in [0.05, 0.1) is 18.1 Å². The van der Waals surface area contributed by atoms with Crippen molar-refractivity contribution in [2.24, 2.45) is 5.73 Å². The van der Waals surface area contributed by atoms with Crippen molar-refractivity contribution < 1.29 is 38.6 Å². The number of aryl methyl sites for hydroxylation is 2. The summed E-state index contributed by atoms with van der Waals surface area (Å²) in [6, 6.07) is 0.878. The van der Waals surface area contributed by atoms with Crippen LogP contribution in [0.3, 0.4) is 0 Å². The van der Waals surface area contributed by atoms with Gasteiger partial charge in [-0.3, -0.25) is 24.0 Å². The Labute approximate surface area is 290 Å². The van der Waals surface area contributed by atoms with Gasteiger partial charge in [-0.2, -0.15) is 12.6 Å². The van der Waals surface area contributed by atoms with E-state index in [1.165, 1.54) is 20.8 Å². The highest BCUT2D eigenvalue weighted by molar-refractivity contribution is 7.80. The Balaban J connectivity index is 0.00000116. The number of nitrogens with one attached hydrogen (secondary N) is 4. The smallest absolute Gasteiger partial charge is 0.328 e. The van der Waals surface area contributed by atoms with Gasteiger partial charge in [-0.25, -0.2) is 4.79 Å². The molecule has 15 heteroatoms. The quantitative estimate of drug-likeness (QED) is 0.110. The topological polar surface area (TPSA) is 209 Å². The molecule has 0 heterocycles. The monoisotopic (exact) mass is 696 g/mol. The molecule has 1 rings (SSSR count). The first-order chi connectivity index (χ1) is 22.0. The highest BCUT2D eigenvalue weighted by atomic mass is 32.1. The van der Waals surface area contributed by atoms with Crippen LogP contribution < -0.4 is 27.0 Å². The van der Waals surface area contributed by atoms with Gasteiger partial charge in [0.2, 0.25) is 23.6 Å². The van der Waals surface area contributed by atoms with Gasteiger partial charge < -0.3 is 41.7 Å². The number of carboxylic acid groups (broad SMARTS) is 1. The Morgan fingerprint density at radius 3 is 1.81 bits per heavy atom. The van der Waals surface area contributed by atoms with Crippen molar-refractivity contribution in [3.05, 3.63) is 34.9 Å². The van der Waals surface area contributed by atoms with E-state index >= 15 is 0 Å². The summed E-state index contributed by atoms with van der Waals surface area (Å²) in [5.41, 5.74) is 7.70. The summed E-state index contributed by atoms with van der Waals surface area (Å²) in [6.07, 6.45) is 0. The van der Waals surface area contributed by atoms with Gasteiger partial charge in [0.25, 0.3) is 0 Å². The highest BCUT2D eigenvalue weighted by Gasteiger charge is 2.36. The molecule has 0 bridgehead atoms. The molecule has 0 aliphatic heterocycles. The van der Waals surface area contributed by atoms with Crippen LogP contribution in [0.1, 0.15) is 85.0 Å². The van der Waals surface area contributed by atoms with Crippen molar-refractivity contribution in [3.63, 3.8) is 0 Å². The Hall–Kier alpha value is -3.69. The molecule has 7 atom stereocenters. The molecule has 0 aliphatic carbocycles. The number of benzene rings is 1. The largest absolute Gasteiger partial charge is 0.480 e. The molecule has 0 fully saturated rings. The number of carbonyl (C=O) groups is 6. The Morgan fingerprint density at radius 2 is 1.38 bits per heavy atom. The van der Waals surface area contributed by atoms with Gasteiger partial charge in [0.15, 0.2) is 0 Å². The van der Waals surface area contributed by atoms with Crippen molar-refractivity contribution in [3.8, 4) is 0 Å².